The molecule has 4 atom stereocenters. The van der Waals surface area contributed by atoms with Crippen molar-refractivity contribution in [2.45, 2.75) is 13.2 Å². The van der Waals surface area contributed by atoms with Crippen LogP contribution in [0.4, 0.5) is 0 Å². The molecule has 2 bridgehead atoms. The number of carbonyl (C=O) groups excluding carboxylic acids is 2. The summed E-state index contributed by atoms with van der Waals surface area (Å²) in [6, 6.07) is 11.8. The number of phenols is 2. The minimum atomic E-state index is -1.39. The average molecular weight is 496 g/mol. The number of aromatic hydroxyl groups is 2. The van der Waals surface area contributed by atoms with Crippen molar-refractivity contribution in [3.63, 3.8) is 0 Å². The van der Waals surface area contributed by atoms with Gasteiger partial charge >= 0.3 is 23.9 Å². The third kappa shape index (κ3) is 4.88. The molecule has 3 aliphatic rings. The summed E-state index contributed by atoms with van der Waals surface area (Å²) in [5, 5.41) is 38.6. The zero-order chi connectivity index (χ0) is 26.0. The third-order valence-corrected chi connectivity index (χ3v) is 6.74. The van der Waals surface area contributed by atoms with E-state index < -0.39 is 59.4 Å². The molecule has 2 aromatic carbocycles. The molecular formula is C26H24O10. The molecule has 4 unspecified atom stereocenters. The average Bonchev–Trinajstić information content (AvgIpc) is 2.86. The minimum absolute atomic E-state index is 0.0270. The van der Waals surface area contributed by atoms with Gasteiger partial charge in [0.1, 0.15) is 24.7 Å². The Morgan fingerprint density at radius 1 is 0.583 bits per heavy atom. The Bertz CT molecular complexity index is 1100. The largest absolute Gasteiger partial charge is 0.508 e. The highest BCUT2D eigenvalue weighted by Gasteiger charge is 2.61. The van der Waals surface area contributed by atoms with E-state index in [2.05, 4.69) is 0 Å². The van der Waals surface area contributed by atoms with Crippen molar-refractivity contribution in [2.24, 2.45) is 35.5 Å². The van der Waals surface area contributed by atoms with Crippen molar-refractivity contribution in [3.05, 3.63) is 71.8 Å². The van der Waals surface area contributed by atoms with Gasteiger partial charge in [0.05, 0.1) is 23.7 Å². The summed E-state index contributed by atoms with van der Waals surface area (Å²) in [6.07, 6.45) is 2.94. The van der Waals surface area contributed by atoms with Crippen LogP contribution in [0.25, 0.3) is 0 Å². The molecule has 1 fully saturated rings. The van der Waals surface area contributed by atoms with E-state index in [1.165, 1.54) is 60.7 Å². The van der Waals surface area contributed by atoms with Crippen LogP contribution in [0.3, 0.4) is 0 Å². The Morgan fingerprint density at radius 3 is 1.25 bits per heavy atom. The van der Waals surface area contributed by atoms with Crippen LogP contribution in [-0.2, 0) is 41.9 Å². The number of benzene rings is 2. The fourth-order valence-corrected chi connectivity index (χ4v) is 5.07. The van der Waals surface area contributed by atoms with Gasteiger partial charge in [0.15, 0.2) is 0 Å². The predicted octanol–water partition coefficient (Wildman–Crippen LogP) is 2.33. The molecule has 0 aromatic heterocycles. The first-order valence-corrected chi connectivity index (χ1v) is 11.2. The normalized spacial score (nSPS) is 26.2. The van der Waals surface area contributed by atoms with Crippen LogP contribution in [0.5, 0.6) is 11.5 Å². The van der Waals surface area contributed by atoms with Gasteiger partial charge < -0.3 is 29.9 Å². The molecule has 10 nitrogen and oxygen atoms in total. The summed E-state index contributed by atoms with van der Waals surface area (Å²) >= 11 is 0. The van der Waals surface area contributed by atoms with Gasteiger partial charge in [0.2, 0.25) is 0 Å². The van der Waals surface area contributed by atoms with E-state index in [1.54, 1.807) is 0 Å². The first kappa shape index (κ1) is 24.8. The van der Waals surface area contributed by atoms with Gasteiger partial charge in [-0.2, -0.15) is 0 Å². The zero-order valence-electron chi connectivity index (χ0n) is 18.9. The summed E-state index contributed by atoms with van der Waals surface area (Å²) in [5.74, 6) is -12.0. The van der Waals surface area contributed by atoms with Gasteiger partial charge in [-0.05, 0) is 35.4 Å². The minimum Gasteiger partial charge on any atom is -0.508 e. The summed E-state index contributed by atoms with van der Waals surface area (Å²) < 4.78 is 10.7. The maximum absolute atomic E-state index is 13.1. The van der Waals surface area contributed by atoms with Gasteiger partial charge in [-0.1, -0.05) is 36.4 Å². The lowest BCUT2D eigenvalue weighted by molar-refractivity contribution is -0.183. The van der Waals surface area contributed by atoms with Crippen LogP contribution in [0, 0.1) is 35.5 Å². The molecule has 0 amide bonds. The Hall–Kier alpha value is -4.34. The number of hydrogen-bond donors (Lipinski definition) is 4. The van der Waals surface area contributed by atoms with Gasteiger partial charge in [0, 0.05) is 11.8 Å². The lowest BCUT2D eigenvalue weighted by Crippen LogP contribution is -2.57. The van der Waals surface area contributed by atoms with Crippen LogP contribution in [-0.4, -0.2) is 44.3 Å². The van der Waals surface area contributed by atoms with Crippen molar-refractivity contribution >= 4 is 23.9 Å². The molecule has 2 aromatic rings. The summed E-state index contributed by atoms with van der Waals surface area (Å²) in [7, 11) is 0. The van der Waals surface area contributed by atoms with Gasteiger partial charge in [-0.25, -0.2) is 0 Å². The summed E-state index contributed by atoms with van der Waals surface area (Å²) in [5.41, 5.74) is 1.11. The molecule has 1 saturated carbocycles. The maximum atomic E-state index is 13.1. The summed E-state index contributed by atoms with van der Waals surface area (Å²) in [6.45, 7) is -0.386. The molecule has 0 aliphatic heterocycles. The molecule has 10 heteroatoms. The van der Waals surface area contributed by atoms with E-state index in [9.17, 15) is 39.6 Å². The number of fused-ring (bicyclic) bond motifs is 2. The second kappa shape index (κ2) is 10.1. The molecule has 0 radical (unpaired) electrons. The number of ether oxygens (including phenoxy) is 2. The van der Waals surface area contributed by atoms with E-state index >= 15 is 0 Å². The SMILES string of the molecule is O=C(O)C1C2C=CC(C1C(=O)OCc1ccc(O)cc1)C(C(=O)OCc1ccc(O)cc1)C2C(=O)O. The Kier molecular flexibility index (Phi) is 6.96. The molecule has 188 valence electrons. The number of carboxylic acids is 2. The molecule has 36 heavy (non-hydrogen) atoms. The van der Waals surface area contributed by atoms with Crippen LogP contribution in [0.1, 0.15) is 11.1 Å². The standard InChI is InChI=1S/C26H24O10/c27-15-5-1-13(2-6-15)11-35-25(33)21-18-10-9-17(19(21)23(29)30)20(24(31)32)22(18)26(34)36-12-14-3-7-16(28)8-4-14/h1-10,17-22,27-28H,11-12H2,(H,29,30)(H,31,32). The number of esters is 2. The lowest BCUT2D eigenvalue weighted by Gasteiger charge is -2.48. The van der Waals surface area contributed by atoms with Crippen LogP contribution in [0.15, 0.2) is 60.7 Å². The first-order valence-electron chi connectivity index (χ1n) is 11.2. The fourth-order valence-electron chi connectivity index (χ4n) is 5.07. The van der Waals surface area contributed by atoms with Crippen LogP contribution >= 0.6 is 0 Å². The van der Waals surface area contributed by atoms with Crippen molar-refractivity contribution in [1.82, 2.24) is 0 Å². The number of carbonyl (C=O) groups is 4. The molecule has 0 saturated heterocycles. The monoisotopic (exact) mass is 496 g/mol. The highest BCUT2D eigenvalue weighted by Crippen LogP contribution is 2.52. The topological polar surface area (TPSA) is 168 Å². The van der Waals surface area contributed by atoms with E-state index in [4.69, 9.17) is 9.47 Å². The second-order valence-electron chi connectivity index (χ2n) is 8.87. The smallest absolute Gasteiger partial charge is 0.310 e. The van der Waals surface area contributed by atoms with Crippen molar-refractivity contribution < 1.29 is 49.1 Å². The zero-order valence-corrected chi connectivity index (χ0v) is 18.9. The van der Waals surface area contributed by atoms with Crippen molar-refractivity contribution in [2.75, 3.05) is 0 Å². The van der Waals surface area contributed by atoms with E-state index in [-0.39, 0.29) is 24.7 Å². The maximum Gasteiger partial charge on any atom is 0.310 e. The van der Waals surface area contributed by atoms with Crippen molar-refractivity contribution in [3.8, 4) is 11.5 Å². The van der Waals surface area contributed by atoms with Gasteiger partial charge in [-0.3, -0.25) is 19.2 Å². The lowest BCUT2D eigenvalue weighted by atomic mass is 9.53. The summed E-state index contributed by atoms with van der Waals surface area (Å²) in [4.78, 5) is 50.5. The molecule has 0 spiro atoms. The highest BCUT2D eigenvalue weighted by molar-refractivity contribution is 5.89. The Balaban J connectivity index is 1.57. The number of aliphatic carboxylic acids is 2. The Morgan fingerprint density at radius 2 is 0.917 bits per heavy atom. The fraction of sp³-hybridized carbons (Fsp3) is 0.308. The first-order chi connectivity index (χ1) is 17.2. The molecular weight excluding hydrogens is 472 g/mol. The number of rotatable bonds is 8. The molecule has 5 rings (SSSR count). The van der Waals surface area contributed by atoms with Crippen molar-refractivity contribution in [1.29, 1.82) is 0 Å². The second-order valence-corrected chi connectivity index (χ2v) is 8.87. The van der Waals surface area contributed by atoms with Gasteiger partial charge in [-0.15, -0.1) is 0 Å². The number of hydrogen-bond acceptors (Lipinski definition) is 8. The van der Waals surface area contributed by atoms with E-state index in [1.807, 2.05) is 0 Å². The predicted molar refractivity (Wildman–Crippen MR) is 121 cm³/mol. The number of allylic oxidation sites excluding steroid dienone is 2. The van der Waals surface area contributed by atoms with Crippen LogP contribution in [0.2, 0.25) is 0 Å². The molecule has 3 aliphatic carbocycles. The third-order valence-electron chi connectivity index (χ3n) is 6.74. The number of carboxylic acid groups (broad SMARTS) is 2. The Labute approximate surface area is 205 Å². The van der Waals surface area contributed by atoms with E-state index in [0.29, 0.717) is 11.1 Å². The molecule has 0 heterocycles. The highest BCUT2D eigenvalue weighted by atomic mass is 16.5. The quantitative estimate of drug-likeness (QED) is 0.314. The van der Waals surface area contributed by atoms with Gasteiger partial charge in [0.25, 0.3) is 0 Å². The molecule has 4 N–H and O–H groups in total. The van der Waals surface area contributed by atoms with Crippen LogP contribution < -0.4 is 0 Å². The van der Waals surface area contributed by atoms with E-state index in [0.717, 1.165) is 0 Å². The number of phenolic OH excluding ortho intramolecular Hbond substituents is 2.